The number of hydrogen-bond acceptors (Lipinski definition) is 3. The molecule has 0 amide bonds. The quantitative estimate of drug-likeness (QED) is 0.738. The topological polar surface area (TPSA) is 51.8 Å². The van der Waals surface area contributed by atoms with E-state index in [9.17, 15) is 0 Å². The molecule has 1 aromatic rings. The van der Waals surface area contributed by atoms with E-state index in [1.54, 1.807) is 12.4 Å². The molecule has 1 rings (SSSR count). The summed E-state index contributed by atoms with van der Waals surface area (Å²) in [6.07, 6.45) is 6.80. The molecule has 0 saturated heterocycles. The molecule has 0 bridgehead atoms. The van der Waals surface area contributed by atoms with E-state index in [0.717, 1.165) is 12.0 Å². The van der Waals surface area contributed by atoms with Crippen LogP contribution < -0.4 is 5.73 Å². The van der Waals surface area contributed by atoms with Gasteiger partial charge in [0.25, 0.3) is 0 Å². The van der Waals surface area contributed by atoms with Gasteiger partial charge in [-0.25, -0.2) is 0 Å². The average Bonchev–Trinajstić information content (AvgIpc) is 2.15. The maximum absolute atomic E-state index is 5.91. The van der Waals surface area contributed by atoms with Crippen LogP contribution in [0.3, 0.4) is 0 Å². The lowest BCUT2D eigenvalue weighted by Gasteiger charge is -2.09. The molecule has 1 unspecified atom stereocenters. The van der Waals surface area contributed by atoms with Crippen molar-refractivity contribution in [1.29, 1.82) is 0 Å². The third kappa shape index (κ3) is 2.58. The van der Waals surface area contributed by atoms with Gasteiger partial charge < -0.3 is 5.73 Å². The zero-order valence-electron chi connectivity index (χ0n) is 7.40. The Labute approximate surface area is 73.0 Å². The van der Waals surface area contributed by atoms with Crippen LogP contribution in [0.15, 0.2) is 18.5 Å². The Morgan fingerprint density at radius 1 is 1.50 bits per heavy atom. The number of aromatic nitrogens is 2. The molecular weight excluding hydrogens is 150 g/mol. The summed E-state index contributed by atoms with van der Waals surface area (Å²) in [5, 5.41) is 7.49. The van der Waals surface area contributed by atoms with Gasteiger partial charge in [0.15, 0.2) is 0 Å². The Hall–Kier alpha value is -0.960. The molecule has 1 aromatic heterocycles. The van der Waals surface area contributed by atoms with Crippen LogP contribution in [0.25, 0.3) is 0 Å². The summed E-state index contributed by atoms with van der Waals surface area (Å²) >= 11 is 0. The standard InChI is InChI=1S/C9H15N3/c1-2-3-4-9(10)8-5-6-11-12-7-8/h5-7,9H,2-4,10H2,1H3. The van der Waals surface area contributed by atoms with Gasteiger partial charge in [-0.3, -0.25) is 0 Å². The summed E-state index contributed by atoms with van der Waals surface area (Å²) in [7, 11) is 0. The Morgan fingerprint density at radius 2 is 2.33 bits per heavy atom. The second-order valence-corrected chi connectivity index (χ2v) is 2.92. The molecule has 2 N–H and O–H groups in total. The average molecular weight is 165 g/mol. The van der Waals surface area contributed by atoms with E-state index >= 15 is 0 Å². The molecule has 12 heavy (non-hydrogen) atoms. The summed E-state index contributed by atoms with van der Waals surface area (Å²) < 4.78 is 0. The molecule has 0 fully saturated rings. The lowest BCUT2D eigenvalue weighted by molar-refractivity contribution is 0.600. The van der Waals surface area contributed by atoms with Crippen LogP contribution in [0.4, 0.5) is 0 Å². The normalized spacial score (nSPS) is 12.8. The summed E-state index contributed by atoms with van der Waals surface area (Å²) in [5.74, 6) is 0. The van der Waals surface area contributed by atoms with E-state index in [1.165, 1.54) is 12.8 Å². The molecule has 0 aliphatic rings. The first-order chi connectivity index (χ1) is 5.84. The summed E-state index contributed by atoms with van der Waals surface area (Å²) in [6.45, 7) is 2.16. The van der Waals surface area contributed by atoms with Crippen LogP contribution in [-0.2, 0) is 0 Å². The van der Waals surface area contributed by atoms with Crippen molar-refractivity contribution in [3.8, 4) is 0 Å². The van der Waals surface area contributed by atoms with Crippen LogP contribution in [-0.4, -0.2) is 10.2 Å². The van der Waals surface area contributed by atoms with Crippen LogP contribution in [0.5, 0.6) is 0 Å². The van der Waals surface area contributed by atoms with E-state index in [2.05, 4.69) is 17.1 Å². The van der Waals surface area contributed by atoms with Gasteiger partial charge in [-0.15, -0.1) is 0 Å². The Morgan fingerprint density at radius 3 is 2.92 bits per heavy atom. The molecule has 0 saturated carbocycles. The number of hydrogen-bond donors (Lipinski definition) is 1. The third-order valence-electron chi connectivity index (χ3n) is 1.90. The Balaban J connectivity index is 2.48. The monoisotopic (exact) mass is 165 g/mol. The molecule has 66 valence electrons. The molecule has 0 aliphatic heterocycles. The highest BCUT2D eigenvalue weighted by Gasteiger charge is 2.03. The van der Waals surface area contributed by atoms with Gasteiger partial charge in [-0.2, -0.15) is 10.2 Å². The van der Waals surface area contributed by atoms with Crippen molar-refractivity contribution >= 4 is 0 Å². The highest BCUT2D eigenvalue weighted by Crippen LogP contribution is 2.14. The zero-order valence-corrected chi connectivity index (χ0v) is 7.40. The predicted octanol–water partition coefficient (Wildman–Crippen LogP) is 1.67. The van der Waals surface area contributed by atoms with Gasteiger partial charge in [-0.1, -0.05) is 19.8 Å². The Kier molecular flexibility index (Phi) is 3.67. The second kappa shape index (κ2) is 4.83. The summed E-state index contributed by atoms with van der Waals surface area (Å²) in [4.78, 5) is 0. The molecule has 0 radical (unpaired) electrons. The van der Waals surface area contributed by atoms with Gasteiger partial charge in [-0.05, 0) is 18.1 Å². The lowest BCUT2D eigenvalue weighted by Crippen LogP contribution is -2.10. The van der Waals surface area contributed by atoms with Crippen molar-refractivity contribution in [2.45, 2.75) is 32.2 Å². The van der Waals surface area contributed by atoms with Gasteiger partial charge in [0, 0.05) is 12.2 Å². The van der Waals surface area contributed by atoms with Gasteiger partial charge in [0.2, 0.25) is 0 Å². The number of nitrogens with two attached hydrogens (primary N) is 1. The van der Waals surface area contributed by atoms with Crippen molar-refractivity contribution in [3.63, 3.8) is 0 Å². The molecule has 1 heterocycles. The molecule has 3 nitrogen and oxygen atoms in total. The minimum Gasteiger partial charge on any atom is -0.324 e. The zero-order chi connectivity index (χ0) is 8.81. The summed E-state index contributed by atoms with van der Waals surface area (Å²) in [5.41, 5.74) is 7.00. The highest BCUT2D eigenvalue weighted by atomic mass is 15.1. The maximum atomic E-state index is 5.91. The van der Waals surface area contributed by atoms with E-state index < -0.39 is 0 Å². The fraction of sp³-hybridized carbons (Fsp3) is 0.556. The minimum atomic E-state index is 0.125. The summed E-state index contributed by atoms with van der Waals surface area (Å²) in [6, 6.07) is 2.05. The first-order valence-corrected chi connectivity index (χ1v) is 4.36. The molecule has 0 spiro atoms. The third-order valence-corrected chi connectivity index (χ3v) is 1.90. The molecule has 0 aliphatic carbocycles. The number of rotatable bonds is 4. The second-order valence-electron chi connectivity index (χ2n) is 2.92. The van der Waals surface area contributed by atoms with Crippen LogP contribution >= 0.6 is 0 Å². The van der Waals surface area contributed by atoms with Crippen molar-refractivity contribution in [2.75, 3.05) is 0 Å². The highest BCUT2D eigenvalue weighted by molar-refractivity contribution is 5.10. The first-order valence-electron chi connectivity index (χ1n) is 4.36. The SMILES string of the molecule is CCCCC(N)c1ccnnc1. The lowest BCUT2D eigenvalue weighted by atomic mass is 10.0. The van der Waals surface area contributed by atoms with Gasteiger partial charge in [0.1, 0.15) is 0 Å². The van der Waals surface area contributed by atoms with Gasteiger partial charge >= 0.3 is 0 Å². The smallest absolute Gasteiger partial charge is 0.0543 e. The fourth-order valence-corrected chi connectivity index (χ4v) is 1.11. The molecule has 1 atom stereocenters. The molecular formula is C9H15N3. The molecule has 3 heteroatoms. The van der Waals surface area contributed by atoms with Gasteiger partial charge in [0.05, 0.1) is 6.20 Å². The van der Waals surface area contributed by atoms with E-state index in [-0.39, 0.29) is 6.04 Å². The van der Waals surface area contributed by atoms with E-state index in [1.807, 2.05) is 6.07 Å². The predicted molar refractivity (Wildman–Crippen MR) is 48.5 cm³/mol. The number of nitrogens with zero attached hydrogens (tertiary/aromatic N) is 2. The maximum Gasteiger partial charge on any atom is 0.0543 e. The molecule has 0 aromatic carbocycles. The van der Waals surface area contributed by atoms with Crippen molar-refractivity contribution in [1.82, 2.24) is 10.2 Å². The van der Waals surface area contributed by atoms with Crippen molar-refractivity contribution in [3.05, 3.63) is 24.0 Å². The Bertz CT molecular complexity index is 210. The van der Waals surface area contributed by atoms with E-state index in [0.29, 0.717) is 0 Å². The largest absolute Gasteiger partial charge is 0.324 e. The fourth-order valence-electron chi connectivity index (χ4n) is 1.11. The van der Waals surface area contributed by atoms with Crippen LogP contribution in [0.2, 0.25) is 0 Å². The van der Waals surface area contributed by atoms with Crippen LogP contribution in [0, 0.1) is 0 Å². The number of unbranched alkanes of at least 4 members (excludes halogenated alkanes) is 1. The van der Waals surface area contributed by atoms with E-state index in [4.69, 9.17) is 5.73 Å². The van der Waals surface area contributed by atoms with Crippen molar-refractivity contribution < 1.29 is 0 Å². The van der Waals surface area contributed by atoms with Crippen LogP contribution in [0.1, 0.15) is 37.8 Å². The first kappa shape index (κ1) is 9.13. The minimum absolute atomic E-state index is 0.125. The van der Waals surface area contributed by atoms with Crippen molar-refractivity contribution in [2.24, 2.45) is 5.73 Å².